The van der Waals surface area contributed by atoms with Crippen LogP contribution in [-0.4, -0.2) is 17.9 Å². The van der Waals surface area contributed by atoms with Crippen LogP contribution in [0, 0.1) is 0 Å². The summed E-state index contributed by atoms with van der Waals surface area (Å²) in [6.07, 6.45) is -0.153. The number of benzene rings is 1. The lowest BCUT2D eigenvalue weighted by Gasteiger charge is -2.06. The lowest BCUT2D eigenvalue weighted by atomic mass is 10.1. The Bertz CT molecular complexity index is 439. The van der Waals surface area contributed by atoms with Crippen LogP contribution < -0.4 is 0 Å². The van der Waals surface area contributed by atoms with Crippen molar-refractivity contribution < 1.29 is 14.3 Å². The van der Waals surface area contributed by atoms with E-state index in [1.54, 1.807) is 6.07 Å². The monoisotopic (exact) mass is 268 g/mol. The molecule has 0 N–H and O–H groups in total. The highest BCUT2D eigenvalue weighted by atomic mass is 79.9. The molecule has 1 atom stereocenters. The maximum Gasteiger partial charge on any atom is 0.303 e. The number of ether oxygens (including phenoxy) is 1. The predicted octanol–water partition coefficient (Wildman–Crippen LogP) is 2.12. The van der Waals surface area contributed by atoms with E-state index in [4.69, 9.17) is 4.74 Å². The molecule has 1 aliphatic rings. The van der Waals surface area contributed by atoms with Gasteiger partial charge in [-0.1, -0.05) is 15.9 Å². The van der Waals surface area contributed by atoms with Crippen LogP contribution in [-0.2, 0) is 16.0 Å². The van der Waals surface area contributed by atoms with Gasteiger partial charge >= 0.3 is 5.97 Å². The van der Waals surface area contributed by atoms with E-state index in [1.807, 2.05) is 12.1 Å². The molecule has 0 aliphatic heterocycles. The summed E-state index contributed by atoms with van der Waals surface area (Å²) in [5.74, 6) is -0.520. The molecule has 0 saturated heterocycles. The van der Waals surface area contributed by atoms with E-state index in [0.717, 1.165) is 10.0 Å². The molecule has 1 aromatic rings. The van der Waals surface area contributed by atoms with E-state index in [1.165, 1.54) is 6.92 Å². The lowest BCUT2D eigenvalue weighted by molar-refractivity contribution is -0.144. The maximum absolute atomic E-state index is 11.8. The summed E-state index contributed by atoms with van der Waals surface area (Å²) >= 11 is 3.34. The molecule has 0 amide bonds. The van der Waals surface area contributed by atoms with Crippen LogP contribution in [0.1, 0.15) is 22.8 Å². The highest BCUT2D eigenvalue weighted by Gasteiger charge is 2.32. The Morgan fingerprint density at radius 3 is 2.93 bits per heavy atom. The summed E-state index contributed by atoms with van der Waals surface area (Å²) in [7, 11) is 0. The third kappa shape index (κ3) is 1.95. The van der Waals surface area contributed by atoms with Crippen LogP contribution in [0.25, 0.3) is 0 Å². The second-order valence-electron chi connectivity index (χ2n) is 3.47. The number of esters is 1. The highest BCUT2D eigenvalue weighted by molar-refractivity contribution is 9.10. The van der Waals surface area contributed by atoms with Crippen LogP contribution >= 0.6 is 15.9 Å². The van der Waals surface area contributed by atoms with E-state index < -0.39 is 12.1 Å². The Hall–Kier alpha value is -1.16. The number of ketones is 1. The van der Waals surface area contributed by atoms with Crippen LogP contribution in [0.3, 0.4) is 0 Å². The Morgan fingerprint density at radius 1 is 1.53 bits per heavy atom. The first kappa shape index (κ1) is 10.4. The van der Waals surface area contributed by atoms with E-state index >= 15 is 0 Å². The number of rotatable bonds is 1. The second-order valence-corrected chi connectivity index (χ2v) is 4.38. The first-order chi connectivity index (χ1) is 7.08. The summed E-state index contributed by atoms with van der Waals surface area (Å²) in [5, 5.41) is 0. The number of Topliss-reactive ketones (excluding diaryl/α,β-unsaturated/α-hetero) is 1. The average molecular weight is 269 g/mol. The van der Waals surface area contributed by atoms with Crippen molar-refractivity contribution in [2.24, 2.45) is 0 Å². The van der Waals surface area contributed by atoms with Crippen LogP contribution in [0.2, 0.25) is 0 Å². The molecule has 78 valence electrons. The Labute approximate surface area is 95.6 Å². The molecule has 0 fully saturated rings. The molecule has 0 saturated carbocycles. The van der Waals surface area contributed by atoms with Gasteiger partial charge in [-0.15, -0.1) is 0 Å². The predicted molar refractivity (Wildman–Crippen MR) is 57.7 cm³/mol. The van der Waals surface area contributed by atoms with Gasteiger partial charge < -0.3 is 4.74 Å². The van der Waals surface area contributed by atoms with E-state index in [9.17, 15) is 9.59 Å². The summed E-state index contributed by atoms with van der Waals surface area (Å²) in [6, 6.07) is 5.45. The molecule has 15 heavy (non-hydrogen) atoms. The fourth-order valence-electron chi connectivity index (χ4n) is 1.73. The zero-order valence-electron chi connectivity index (χ0n) is 8.12. The minimum absolute atomic E-state index is 0.104. The topological polar surface area (TPSA) is 43.4 Å². The van der Waals surface area contributed by atoms with E-state index in [-0.39, 0.29) is 5.78 Å². The van der Waals surface area contributed by atoms with Gasteiger partial charge in [-0.25, -0.2) is 0 Å². The van der Waals surface area contributed by atoms with Gasteiger partial charge in [0.15, 0.2) is 6.10 Å². The van der Waals surface area contributed by atoms with E-state index in [0.29, 0.717) is 12.0 Å². The van der Waals surface area contributed by atoms with Gasteiger partial charge in [-0.05, 0) is 23.8 Å². The number of hydrogen-bond donors (Lipinski definition) is 0. The molecule has 0 heterocycles. The van der Waals surface area contributed by atoms with Crippen molar-refractivity contribution in [1.29, 1.82) is 0 Å². The molecular weight excluding hydrogens is 260 g/mol. The fourth-order valence-corrected chi connectivity index (χ4v) is 2.14. The van der Waals surface area contributed by atoms with Crippen LogP contribution in [0.15, 0.2) is 22.7 Å². The van der Waals surface area contributed by atoms with Gasteiger partial charge in [-0.2, -0.15) is 0 Å². The molecule has 0 radical (unpaired) electrons. The summed E-state index contributed by atoms with van der Waals surface area (Å²) < 4.78 is 5.87. The summed E-state index contributed by atoms with van der Waals surface area (Å²) in [4.78, 5) is 22.5. The summed E-state index contributed by atoms with van der Waals surface area (Å²) in [6.45, 7) is 1.31. The third-order valence-electron chi connectivity index (χ3n) is 2.34. The Morgan fingerprint density at radius 2 is 2.27 bits per heavy atom. The van der Waals surface area contributed by atoms with Crippen LogP contribution in [0.5, 0.6) is 0 Å². The molecule has 0 spiro atoms. The van der Waals surface area contributed by atoms with Crippen molar-refractivity contribution >= 4 is 27.7 Å². The number of halogens is 1. The zero-order valence-corrected chi connectivity index (χ0v) is 9.71. The normalized spacial score (nSPS) is 18.8. The number of fused-ring (bicyclic) bond motifs is 1. The minimum atomic E-state index is -0.633. The molecule has 1 aliphatic carbocycles. The third-order valence-corrected chi connectivity index (χ3v) is 2.83. The molecule has 4 heteroatoms. The molecule has 0 bridgehead atoms. The van der Waals surface area contributed by atoms with Crippen molar-refractivity contribution in [3.8, 4) is 0 Å². The molecule has 0 unspecified atom stereocenters. The Kier molecular flexibility index (Phi) is 2.61. The van der Waals surface area contributed by atoms with E-state index in [2.05, 4.69) is 15.9 Å². The number of hydrogen-bond acceptors (Lipinski definition) is 3. The zero-order chi connectivity index (χ0) is 11.0. The average Bonchev–Trinajstić information content (AvgIpc) is 2.42. The standard InChI is InChI=1S/C11H9BrO3/c1-6(13)15-10-5-7-4-8(12)2-3-9(7)11(10)14/h2-4,10H,5H2,1H3/t10-/m0/s1. The second kappa shape index (κ2) is 3.77. The number of carbonyl (C=O) groups is 2. The van der Waals surface area contributed by atoms with Crippen molar-refractivity contribution in [3.05, 3.63) is 33.8 Å². The fraction of sp³-hybridized carbons (Fsp3) is 0.273. The van der Waals surface area contributed by atoms with Gasteiger partial charge in [0.05, 0.1) is 0 Å². The van der Waals surface area contributed by atoms with Gasteiger partial charge in [0.1, 0.15) is 0 Å². The Balaban J connectivity index is 2.29. The van der Waals surface area contributed by atoms with Gasteiger partial charge in [0, 0.05) is 23.4 Å². The van der Waals surface area contributed by atoms with Crippen molar-refractivity contribution in [2.45, 2.75) is 19.4 Å². The molecule has 1 aromatic carbocycles. The van der Waals surface area contributed by atoms with Crippen molar-refractivity contribution in [3.63, 3.8) is 0 Å². The van der Waals surface area contributed by atoms with Crippen molar-refractivity contribution in [2.75, 3.05) is 0 Å². The van der Waals surface area contributed by atoms with Gasteiger partial charge in [-0.3, -0.25) is 9.59 Å². The first-order valence-electron chi connectivity index (χ1n) is 4.58. The van der Waals surface area contributed by atoms with Gasteiger partial charge in [0.2, 0.25) is 5.78 Å². The SMILES string of the molecule is CC(=O)O[C@H]1Cc2cc(Br)ccc2C1=O. The molecular formula is C11H9BrO3. The van der Waals surface area contributed by atoms with Crippen molar-refractivity contribution in [1.82, 2.24) is 0 Å². The van der Waals surface area contributed by atoms with Crippen LogP contribution in [0.4, 0.5) is 0 Å². The summed E-state index contributed by atoms with van der Waals surface area (Å²) in [5.41, 5.74) is 1.59. The largest absolute Gasteiger partial charge is 0.454 e. The first-order valence-corrected chi connectivity index (χ1v) is 5.37. The molecule has 2 rings (SSSR count). The number of carbonyl (C=O) groups excluding carboxylic acids is 2. The van der Waals surface area contributed by atoms with Gasteiger partial charge in [0.25, 0.3) is 0 Å². The molecule has 3 nitrogen and oxygen atoms in total. The highest BCUT2D eigenvalue weighted by Crippen LogP contribution is 2.27. The quantitative estimate of drug-likeness (QED) is 0.733. The smallest absolute Gasteiger partial charge is 0.303 e. The lowest BCUT2D eigenvalue weighted by Crippen LogP contribution is -2.22. The maximum atomic E-state index is 11.8. The molecule has 0 aromatic heterocycles. The minimum Gasteiger partial charge on any atom is -0.454 e.